The molecule has 4 nitrogen and oxygen atoms in total. The molecule has 0 unspecified atom stereocenters. The third kappa shape index (κ3) is 5.66. The van der Waals surface area contributed by atoms with Crippen LogP contribution in [-0.4, -0.2) is 18.8 Å². The van der Waals surface area contributed by atoms with Gasteiger partial charge in [0.1, 0.15) is 11.4 Å². The van der Waals surface area contributed by atoms with Gasteiger partial charge in [-0.1, -0.05) is 43.3 Å². The molecule has 0 aromatic heterocycles. The van der Waals surface area contributed by atoms with Crippen LogP contribution in [0.25, 0.3) is 0 Å². The van der Waals surface area contributed by atoms with Crippen molar-refractivity contribution in [1.29, 1.82) is 0 Å². The van der Waals surface area contributed by atoms with Crippen LogP contribution in [-0.2, 0) is 4.74 Å². The van der Waals surface area contributed by atoms with E-state index in [9.17, 15) is 4.79 Å². The van der Waals surface area contributed by atoms with Gasteiger partial charge in [-0.15, -0.1) is 0 Å². The highest BCUT2D eigenvalue weighted by molar-refractivity contribution is 5.90. The Morgan fingerprint density at radius 1 is 1.04 bits per heavy atom. The zero-order valence-electron chi connectivity index (χ0n) is 16.1. The van der Waals surface area contributed by atoms with E-state index in [1.165, 1.54) is 10.5 Å². The Hall–Kier alpha value is -2.75. The molecular formula is C22H27NO3. The number of benzene rings is 2. The maximum atomic E-state index is 12.7. The molecule has 4 heteroatoms. The first-order valence-corrected chi connectivity index (χ1v) is 8.69. The molecule has 0 bridgehead atoms. The van der Waals surface area contributed by atoms with Gasteiger partial charge in [-0.25, -0.2) is 4.79 Å². The summed E-state index contributed by atoms with van der Waals surface area (Å²) in [6.07, 6.45) is 3.34. The second kappa shape index (κ2) is 8.56. The lowest BCUT2D eigenvalue weighted by atomic mass is 10.0. The van der Waals surface area contributed by atoms with Crippen LogP contribution in [0.5, 0.6) is 5.75 Å². The van der Waals surface area contributed by atoms with E-state index in [0.717, 1.165) is 11.4 Å². The van der Waals surface area contributed by atoms with Gasteiger partial charge in [-0.05, 0) is 50.6 Å². The number of anilines is 1. The standard InChI is InChI=1S/C22H27NO3/c1-17(18-9-7-6-8-10-18)15-16-23(21(24)26-22(2,3)4)19-11-13-20(25-5)14-12-19/h6-17H,1-5H3/b16-15+/t17-/m0/s1. The molecule has 0 N–H and O–H groups in total. The summed E-state index contributed by atoms with van der Waals surface area (Å²) in [6, 6.07) is 17.5. The number of carbonyl (C=O) groups excluding carboxylic acids is 1. The van der Waals surface area contributed by atoms with Gasteiger partial charge in [-0.3, -0.25) is 4.90 Å². The average Bonchev–Trinajstić information content (AvgIpc) is 2.61. The molecule has 2 aromatic carbocycles. The minimum absolute atomic E-state index is 0.166. The lowest BCUT2D eigenvalue weighted by Gasteiger charge is -2.25. The van der Waals surface area contributed by atoms with E-state index >= 15 is 0 Å². The highest BCUT2D eigenvalue weighted by Crippen LogP contribution is 2.24. The Labute approximate surface area is 156 Å². The minimum Gasteiger partial charge on any atom is -0.497 e. The molecule has 2 rings (SSSR count). The normalized spacial score (nSPS) is 12.7. The highest BCUT2D eigenvalue weighted by Gasteiger charge is 2.22. The van der Waals surface area contributed by atoms with Crippen molar-refractivity contribution in [2.75, 3.05) is 12.0 Å². The number of methoxy groups -OCH3 is 1. The molecule has 0 aliphatic carbocycles. The number of carbonyl (C=O) groups is 1. The van der Waals surface area contributed by atoms with Gasteiger partial charge in [0.2, 0.25) is 0 Å². The number of nitrogens with zero attached hydrogens (tertiary/aromatic N) is 1. The number of hydrogen-bond donors (Lipinski definition) is 0. The summed E-state index contributed by atoms with van der Waals surface area (Å²) in [7, 11) is 1.61. The fourth-order valence-electron chi connectivity index (χ4n) is 2.39. The lowest BCUT2D eigenvalue weighted by Crippen LogP contribution is -2.33. The first kappa shape index (κ1) is 19.6. The second-order valence-electron chi connectivity index (χ2n) is 7.09. The maximum absolute atomic E-state index is 12.7. The molecule has 1 atom stereocenters. The molecule has 0 aliphatic rings. The number of amides is 1. The Balaban J connectivity index is 2.27. The minimum atomic E-state index is -0.569. The van der Waals surface area contributed by atoms with E-state index in [-0.39, 0.29) is 5.92 Å². The molecule has 0 aliphatic heterocycles. The largest absolute Gasteiger partial charge is 0.497 e. The average molecular weight is 353 g/mol. The summed E-state index contributed by atoms with van der Waals surface area (Å²) in [6.45, 7) is 7.65. The van der Waals surface area contributed by atoms with Crippen molar-refractivity contribution in [3.8, 4) is 5.75 Å². The van der Waals surface area contributed by atoms with Crippen molar-refractivity contribution in [3.63, 3.8) is 0 Å². The summed E-state index contributed by atoms with van der Waals surface area (Å²) in [4.78, 5) is 14.2. The molecule has 0 spiro atoms. The first-order valence-electron chi connectivity index (χ1n) is 8.69. The van der Waals surface area contributed by atoms with Gasteiger partial charge in [-0.2, -0.15) is 0 Å². The Kier molecular flexibility index (Phi) is 6.45. The van der Waals surface area contributed by atoms with E-state index in [1.54, 1.807) is 13.3 Å². The van der Waals surface area contributed by atoms with Crippen LogP contribution in [0.15, 0.2) is 66.9 Å². The van der Waals surface area contributed by atoms with E-state index in [2.05, 4.69) is 19.1 Å². The summed E-state index contributed by atoms with van der Waals surface area (Å²) >= 11 is 0. The van der Waals surface area contributed by atoms with E-state index in [0.29, 0.717) is 0 Å². The van der Waals surface area contributed by atoms with Crippen LogP contribution >= 0.6 is 0 Å². The Morgan fingerprint density at radius 2 is 1.65 bits per heavy atom. The van der Waals surface area contributed by atoms with Crippen LogP contribution < -0.4 is 9.64 Å². The summed E-state index contributed by atoms with van der Waals surface area (Å²) in [5.74, 6) is 0.902. The predicted molar refractivity (Wildman–Crippen MR) is 106 cm³/mol. The van der Waals surface area contributed by atoms with Crippen molar-refractivity contribution in [2.45, 2.75) is 39.2 Å². The maximum Gasteiger partial charge on any atom is 0.418 e. The second-order valence-corrected chi connectivity index (χ2v) is 7.09. The fourth-order valence-corrected chi connectivity index (χ4v) is 2.39. The zero-order valence-corrected chi connectivity index (χ0v) is 16.1. The van der Waals surface area contributed by atoms with Crippen LogP contribution in [0.2, 0.25) is 0 Å². The lowest BCUT2D eigenvalue weighted by molar-refractivity contribution is 0.0596. The molecule has 0 saturated carbocycles. The van der Waals surface area contributed by atoms with E-state index in [1.807, 2.05) is 69.3 Å². The van der Waals surface area contributed by atoms with Crippen molar-refractivity contribution in [1.82, 2.24) is 0 Å². The van der Waals surface area contributed by atoms with Gasteiger partial charge in [0.25, 0.3) is 0 Å². The molecule has 0 radical (unpaired) electrons. The van der Waals surface area contributed by atoms with Crippen molar-refractivity contribution < 1.29 is 14.3 Å². The molecule has 26 heavy (non-hydrogen) atoms. The van der Waals surface area contributed by atoms with Crippen molar-refractivity contribution in [2.24, 2.45) is 0 Å². The molecule has 0 fully saturated rings. The smallest absolute Gasteiger partial charge is 0.418 e. The molecule has 138 valence electrons. The van der Waals surface area contributed by atoms with Crippen LogP contribution in [0.1, 0.15) is 39.2 Å². The number of allylic oxidation sites excluding steroid dienone is 1. The van der Waals surface area contributed by atoms with Gasteiger partial charge < -0.3 is 9.47 Å². The topological polar surface area (TPSA) is 38.8 Å². The number of hydrogen-bond acceptors (Lipinski definition) is 3. The van der Waals surface area contributed by atoms with Crippen molar-refractivity contribution in [3.05, 3.63) is 72.4 Å². The zero-order chi connectivity index (χ0) is 19.2. The summed E-state index contributed by atoms with van der Waals surface area (Å²) in [5.41, 5.74) is 1.33. The van der Waals surface area contributed by atoms with Crippen LogP contribution in [0.3, 0.4) is 0 Å². The third-order valence-corrected chi connectivity index (χ3v) is 3.79. The van der Waals surface area contributed by atoms with Gasteiger partial charge in [0.15, 0.2) is 0 Å². The Bertz CT molecular complexity index is 730. The summed E-state index contributed by atoms with van der Waals surface area (Å²) < 4.78 is 10.7. The molecular weight excluding hydrogens is 326 g/mol. The quantitative estimate of drug-likeness (QED) is 0.686. The van der Waals surface area contributed by atoms with Gasteiger partial charge >= 0.3 is 6.09 Å². The third-order valence-electron chi connectivity index (χ3n) is 3.79. The van der Waals surface area contributed by atoms with Gasteiger partial charge in [0, 0.05) is 12.1 Å². The number of ether oxygens (including phenoxy) is 2. The Morgan fingerprint density at radius 3 is 2.19 bits per heavy atom. The number of rotatable bonds is 5. The molecule has 1 amide bonds. The highest BCUT2D eigenvalue weighted by atomic mass is 16.6. The molecule has 0 saturated heterocycles. The SMILES string of the molecule is COc1ccc(N(/C=C/[C@H](C)c2ccccc2)C(=O)OC(C)(C)C)cc1. The molecule has 2 aromatic rings. The first-order chi connectivity index (χ1) is 12.3. The monoisotopic (exact) mass is 353 g/mol. The van der Waals surface area contributed by atoms with E-state index < -0.39 is 11.7 Å². The van der Waals surface area contributed by atoms with Crippen LogP contribution in [0, 0.1) is 0 Å². The van der Waals surface area contributed by atoms with Crippen LogP contribution in [0.4, 0.5) is 10.5 Å². The fraction of sp³-hybridized carbons (Fsp3) is 0.318. The molecule has 0 heterocycles. The van der Waals surface area contributed by atoms with Gasteiger partial charge in [0.05, 0.1) is 12.8 Å². The predicted octanol–water partition coefficient (Wildman–Crippen LogP) is 5.75. The van der Waals surface area contributed by atoms with Crippen molar-refractivity contribution >= 4 is 11.8 Å². The van der Waals surface area contributed by atoms with E-state index in [4.69, 9.17) is 9.47 Å². The summed E-state index contributed by atoms with van der Waals surface area (Å²) in [5, 5.41) is 0.